The molecule has 0 spiro atoms. The fourth-order valence-corrected chi connectivity index (χ4v) is 1.86. The van der Waals surface area contributed by atoms with E-state index in [1.165, 1.54) is 4.90 Å². The number of benzene rings is 1. The molecule has 2 amide bonds. The first-order valence-corrected chi connectivity index (χ1v) is 5.23. The predicted octanol–water partition coefficient (Wildman–Crippen LogP) is 1.02. The third-order valence-corrected chi connectivity index (χ3v) is 2.69. The summed E-state index contributed by atoms with van der Waals surface area (Å²) >= 11 is 0. The van der Waals surface area contributed by atoms with Crippen LogP contribution in [0, 0.1) is 11.6 Å². The summed E-state index contributed by atoms with van der Waals surface area (Å²) in [5.41, 5.74) is 0.124. The van der Waals surface area contributed by atoms with Crippen LogP contribution in [0.15, 0.2) is 18.2 Å². The number of rotatable bonds is 3. The molecule has 1 atom stereocenters. The van der Waals surface area contributed by atoms with Crippen LogP contribution in [0.25, 0.3) is 0 Å². The van der Waals surface area contributed by atoms with Gasteiger partial charge in [-0.05, 0) is 18.2 Å². The molecule has 2 rings (SSSR count). The first-order valence-electron chi connectivity index (χ1n) is 5.23. The van der Waals surface area contributed by atoms with Gasteiger partial charge in [0.15, 0.2) is 0 Å². The molecule has 0 saturated carbocycles. The average Bonchev–Trinajstić information content (AvgIpc) is 2.64. The molecular weight excluding hydrogens is 230 g/mol. The van der Waals surface area contributed by atoms with Crippen LogP contribution in [-0.4, -0.2) is 35.7 Å². The van der Waals surface area contributed by atoms with Crippen LogP contribution < -0.4 is 5.32 Å². The molecule has 1 aromatic rings. The summed E-state index contributed by atoms with van der Waals surface area (Å²) in [6.07, 6.45) is 0. The Morgan fingerprint density at radius 3 is 2.94 bits per heavy atom. The standard InChI is InChI=1S/C11H12F2N2O2/c12-7-1-2-9(13)8(5-7)10-6-15(3-4-16)11(17)14-10/h1-2,5,10,16H,3-4,6H2,(H,14,17). The van der Waals surface area contributed by atoms with E-state index >= 15 is 0 Å². The molecule has 1 saturated heterocycles. The zero-order valence-electron chi connectivity index (χ0n) is 8.99. The van der Waals surface area contributed by atoms with Gasteiger partial charge in [0.2, 0.25) is 0 Å². The fourth-order valence-electron chi connectivity index (χ4n) is 1.86. The van der Waals surface area contributed by atoms with Crippen molar-refractivity contribution >= 4 is 6.03 Å². The summed E-state index contributed by atoms with van der Waals surface area (Å²) < 4.78 is 26.5. The lowest BCUT2D eigenvalue weighted by Crippen LogP contribution is -2.30. The number of carbonyl (C=O) groups excluding carboxylic acids is 1. The molecule has 92 valence electrons. The molecule has 1 fully saturated rings. The van der Waals surface area contributed by atoms with Crippen molar-refractivity contribution in [2.75, 3.05) is 19.7 Å². The van der Waals surface area contributed by atoms with Crippen molar-refractivity contribution in [3.8, 4) is 0 Å². The Morgan fingerprint density at radius 1 is 1.47 bits per heavy atom. The summed E-state index contributed by atoms with van der Waals surface area (Å²) in [7, 11) is 0. The molecule has 17 heavy (non-hydrogen) atoms. The van der Waals surface area contributed by atoms with Gasteiger partial charge in [-0.2, -0.15) is 0 Å². The van der Waals surface area contributed by atoms with Crippen LogP contribution in [0.5, 0.6) is 0 Å². The number of carbonyl (C=O) groups is 1. The van der Waals surface area contributed by atoms with Gasteiger partial charge in [0.25, 0.3) is 0 Å². The molecule has 1 aromatic carbocycles. The number of hydrogen-bond donors (Lipinski definition) is 2. The minimum atomic E-state index is -0.579. The molecule has 0 radical (unpaired) electrons. The maximum Gasteiger partial charge on any atom is 0.318 e. The number of urea groups is 1. The van der Waals surface area contributed by atoms with E-state index in [4.69, 9.17) is 5.11 Å². The number of nitrogens with one attached hydrogen (secondary N) is 1. The van der Waals surface area contributed by atoms with Gasteiger partial charge in [-0.15, -0.1) is 0 Å². The molecule has 2 N–H and O–H groups in total. The van der Waals surface area contributed by atoms with Gasteiger partial charge in [0, 0.05) is 18.7 Å². The van der Waals surface area contributed by atoms with Crippen molar-refractivity contribution < 1.29 is 18.7 Å². The van der Waals surface area contributed by atoms with E-state index in [-0.39, 0.29) is 31.3 Å². The number of aliphatic hydroxyl groups is 1. The SMILES string of the molecule is O=C1NC(c2cc(F)ccc2F)CN1CCO. The smallest absolute Gasteiger partial charge is 0.318 e. The summed E-state index contributed by atoms with van der Waals surface area (Å²) in [5, 5.41) is 11.3. The lowest BCUT2D eigenvalue weighted by Gasteiger charge is -2.13. The topological polar surface area (TPSA) is 52.6 Å². The lowest BCUT2D eigenvalue weighted by atomic mass is 10.1. The summed E-state index contributed by atoms with van der Waals surface area (Å²) in [6, 6.07) is 2.17. The molecule has 1 heterocycles. The van der Waals surface area contributed by atoms with E-state index in [0.29, 0.717) is 0 Å². The van der Waals surface area contributed by atoms with Crippen molar-refractivity contribution in [1.29, 1.82) is 0 Å². The van der Waals surface area contributed by atoms with Gasteiger partial charge in [-0.25, -0.2) is 13.6 Å². The van der Waals surface area contributed by atoms with Crippen molar-refractivity contribution in [1.82, 2.24) is 10.2 Å². The average molecular weight is 242 g/mol. The number of hydrogen-bond acceptors (Lipinski definition) is 2. The zero-order valence-corrected chi connectivity index (χ0v) is 8.99. The quantitative estimate of drug-likeness (QED) is 0.831. The molecule has 1 aliphatic rings. The maximum absolute atomic E-state index is 13.5. The van der Waals surface area contributed by atoms with Crippen molar-refractivity contribution in [3.63, 3.8) is 0 Å². The van der Waals surface area contributed by atoms with Gasteiger partial charge in [0.05, 0.1) is 12.6 Å². The van der Waals surface area contributed by atoms with E-state index in [1.807, 2.05) is 0 Å². The highest BCUT2D eigenvalue weighted by Crippen LogP contribution is 2.23. The highest BCUT2D eigenvalue weighted by molar-refractivity contribution is 5.77. The maximum atomic E-state index is 13.5. The number of aliphatic hydroxyl groups excluding tert-OH is 1. The Labute approximate surface area is 96.8 Å². The van der Waals surface area contributed by atoms with Gasteiger partial charge in [-0.3, -0.25) is 0 Å². The van der Waals surface area contributed by atoms with Crippen LogP contribution in [0.3, 0.4) is 0 Å². The molecule has 0 aromatic heterocycles. The Kier molecular flexibility index (Phi) is 3.23. The zero-order chi connectivity index (χ0) is 12.4. The van der Waals surface area contributed by atoms with Crippen LogP contribution in [-0.2, 0) is 0 Å². The minimum Gasteiger partial charge on any atom is -0.395 e. The van der Waals surface area contributed by atoms with E-state index in [1.54, 1.807) is 0 Å². The van der Waals surface area contributed by atoms with Gasteiger partial charge in [-0.1, -0.05) is 0 Å². The molecule has 0 bridgehead atoms. The summed E-state index contributed by atoms with van der Waals surface area (Å²) in [4.78, 5) is 12.8. The Bertz CT molecular complexity index is 439. The third kappa shape index (κ3) is 2.36. The van der Waals surface area contributed by atoms with Crippen LogP contribution in [0.1, 0.15) is 11.6 Å². The normalized spacial score (nSPS) is 19.6. The molecule has 0 aliphatic carbocycles. The van der Waals surface area contributed by atoms with Crippen molar-refractivity contribution in [2.45, 2.75) is 6.04 Å². The number of nitrogens with zero attached hydrogens (tertiary/aromatic N) is 1. The Balaban J connectivity index is 2.19. The third-order valence-electron chi connectivity index (χ3n) is 2.69. The van der Waals surface area contributed by atoms with E-state index in [9.17, 15) is 13.6 Å². The molecular formula is C11H12F2N2O2. The highest BCUT2D eigenvalue weighted by atomic mass is 19.1. The lowest BCUT2D eigenvalue weighted by molar-refractivity contribution is 0.196. The Hall–Kier alpha value is -1.69. The molecule has 1 aliphatic heterocycles. The number of amides is 2. The summed E-state index contributed by atoms with van der Waals surface area (Å²) in [5.74, 6) is -1.10. The monoisotopic (exact) mass is 242 g/mol. The summed E-state index contributed by atoms with van der Waals surface area (Å²) in [6.45, 7) is 0.241. The number of halogens is 2. The van der Waals surface area contributed by atoms with Crippen molar-refractivity contribution in [3.05, 3.63) is 35.4 Å². The predicted molar refractivity (Wildman–Crippen MR) is 56.3 cm³/mol. The molecule has 4 nitrogen and oxygen atoms in total. The first kappa shape index (κ1) is 11.8. The second-order valence-electron chi connectivity index (χ2n) is 3.84. The Morgan fingerprint density at radius 2 is 2.24 bits per heavy atom. The molecule has 1 unspecified atom stereocenters. The van der Waals surface area contributed by atoms with Gasteiger partial charge in [0.1, 0.15) is 11.6 Å². The second kappa shape index (κ2) is 4.67. The van der Waals surface area contributed by atoms with Gasteiger partial charge >= 0.3 is 6.03 Å². The highest BCUT2D eigenvalue weighted by Gasteiger charge is 2.30. The van der Waals surface area contributed by atoms with Gasteiger partial charge < -0.3 is 15.3 Å². The first-order chi connectivity index (χ1) is 8.11. The largest absolute Gasteiger partial charge is 0.395 e. The van der Waals surface area contributed by atoms with Crippen LogP contribution >= 0.6 is 0 Å². The van der Waals surface area contributed by atoms with Crippen LogP contribution in [0.2, 0.25) is 0 Å². The van der Waals surface area contributed by atoms with E-state index in [2.05, 4.69) is 5.32 Å². The number of β-amino-alcohol motifs (C(OH)–C–C–N with tert-alkyl or cyclic N) is 1. The molecule has 6 heteroatoms. The second-order valence-corrected chi connectivity index (χ2v) is 3.84. The van der Waals surface area contributed by atoms with Crippen LogP contribution in [0.4, 0.5) is 13.6 Å². The fraction of sp³-hybridized carbons (Fsp3) is 0.364. The van der Waals surface area contributed by atoms with E-state index in [0.717, 1.165) is 18.2 Å². The van der Waals surface area contributed by atoms with E-state index < -0.39 is 17.7 Å². The minimum absolute atomic E-state index is 0.124. The van der Waals surface area contributed by atoms with Crippen molar-refractivity contribution in [2.24, 2.45) is 0 Å².